The number of hydrogen-bond acceptors (Lipinski definition) is 5. The third-order valence-electron chi connectivity index (χ3n) is 5.72. The van der Waals surface area contributed by atoms with Gasteiger partial charge in [-0.2, -0.15) is 0 Å². The predicted octanol–water partition coefficient (Wildman–Crippen LogP) is 6.34. The molecule has 5 aromatic rings. The maximum absolute atomic E-state index is 13.0. The average Bonchev–Trinajstić information content (AvgIpc) is 3.42. The molecule has 0 bridgehead atoms. The Bertz CT molecular complexity index is 1390. The van der Waals surface area contributed by atoms with E-state index in [1.807, 2.05) is 78.4 Å². The number of aromatic nitrogens is 3. The lowest BCUT2D eigenvalue weighted by Gasteiger charge is -2.19. The molecule has 0 saturated heterocycles. The van der Waals surface area contributed by atoms with Gasteiger partial charge in [0.2, 0.25) is 0 Å². The molecule has 0 aliphatic rings. The first-order valence-electron chi connectivity index (χ1n) is 10.9. The fourth-order valence-corrected chi connectivity index (χ4v) is 4.75. The fraction of sp³-hybridized carbons (Fsp3) is 0.0714. The van der Waals surface area contributed by atoms with Crippen molar-refractivity contribution < 1.29 is 4.79 Å². The van der Waals surface area contributed by atoms with Crippen molar-refractivity contribution in [1.82, 2.24) is 15.0 Å². The van der Waals surface area contributed by atoms with Gasteiger partial charge in [-0.3, -0.25) is 14.8 Å². The van der Waals surface area contributed by atoms with Crippen molar-refractivity contribution in [3.63, 3.8) is 0 Å². The monoisotopic (exact) mass is 462 g/mol. The highest BCUT2D eigenvalue weighted by molar-refractivity contribution is 7.09. The van der Waals surface area contributed by atoms with E-state index in [4.69, 9.17) is 0 Å². The summed E-state index contributed by atoms with van der Waals surface area (Å²) < 4.78 is 0. The van der Waals surface area contributed by atoms with Crippen molar-refractivity contribution in [2.24, 2.45) is 0 Å². The average molecular weight is 463 g/mol. The van der Waals surface area contributed by atoms with E-state index < -0.39 is 0 Å². The molecule has 0 radical (unpaired) electrons. The molecule has 6 heteroatoms. The van der Waals surface area contributed by atoms with E-state index in [-0.39, 0.29) is 11.8 Å². The van der Waals surface area contributed by atoms with E-state index >= 15 is 0 Å². The van der Waals surface area contributed by atoms with Gasteiger partial charge in [-0.15, -0.1) is 11.3 Å². The molecule has 1 unspecified atom stereocenters. The molecule has 1 atom stereocenters. The number of hydrogen-bond donors (Lipinski definition) is 1. The maximum Gasteiger partial charge on any atom is 0.255 e. The quantitative estimate of drug-likeness (QED) is 0.320. The van der Waals surface area contributed by atoms with Gasteiger partial charge in [0.05, 0.1) is 5.92 Å². The highest BCUT2D eigenvalue weighted by atomic mass is 32.1. The van der Waals surface area contributed by atoms with Gasteiger partial charge in [0, 0.05) is 47.6 Å². The second kappa shape index (κ2) is 9.77. The van der Waals surface area contributed by atoms with Gasteiger partial charge in [-0.05, 0) is 77.2 Å². The summed E-state index contributed by atoms with van der Waals surface area (Å²) in [4.78, 5) is 25.9. The summed E-state index contributed by atoms with van der Waals surface area (Å²) in [6, 6.07) is 21.5. The zero-order valence-corrected chi connectivity index (χ0v) is 19.4. The summed E-state index contributed by atoms with van der Waals surface area (Å²) in [6.07, 6.45) is 8.98. The van der Waals surface area contributed by atoms with Crippen molar-refractivity contribution in [2.75, 3.05) is 5.32 Å². The Hall–Kier alpha value is -4.16. The van der Waals surface area contributed by atoms with Crippen LogP contribution in [0.5, 0.6) is 0 Å². The summed E-state index contributed by atoms with van der Waals surface area (Å²) in [5.41, 5.74) is 6.74. The molecule has 0 spiro atoms. The lowest BCUT2D eigenvalue weighted by molar-refractivity contribution is 0.102. The molecular formula is C28H22N4OS. The summed E-state index contributed by atoms with van der Waals surface area (Å²) in [5, 5.41) is 6.03. The first-order chi connectivity index (χ1) is 16.7. The van der Waals surface area contributed by atoms with Crippen LogP contribution < -0.4 is 5.32 Å². The Morgan fingerprint density at radius 2 is 1.68 bits per heavy atom. The maximum atomic E-state index is 13.0. The first kappa shape index (κ1) is 21.7. The standard InChI is InChI=1S/C28H22N4OS/c1-19-4-9-24(17-25(19)26(28-31-15-16-34-28)23-3-2-12-30-18-23)32-27(33)22-7-5-20(6-8-22)21-10-13-29-14-11-21/h2-18,26H,1H3,(H,32,33). The predicted molar refractivity (Wildman–Crippen MR) is 136 cm³/mol. The zero-order chi connectivity index (χ0) is 23.3. The molecule has 0 fully saturated rings. The van der Waals surface area contributed by atoms with E-state index in [9.17, 15) is 4.79 Å². The number of carbonyl (C=O) groups is 1. The molecule has 34 heavy (non-hydrogen) atoms. The lowest BCUT2D eigenvalue weighted by Crippen LogP contribution is -2.13. The van der Waals surface area contributed by atoms with Crippen LogP contribution in [0.2, 0.25) is 0 Å². The molecule has 2 aromatic carbocycles. The Balaban J connectivity index is 1.42. The number of carbonyl (C=O) groups excluding carboxylic acids is 1. The number of rotatable bonds is 6. The number of benzene rings is 2. The lowest BCUT2D eigenvalue weighted by atomic mass is 9.89. The largest absolute Gasteiger partial charge is 0.322 e. The molecule has 3 heterocycles. The number of thiazole rings is 1. The van der Waals surface area contributed by atoms with Gasteiger partial charge in [0.25, 0.3) is 5.91 Å². The summed E-state index contributed by atoms with van der Waals surface area (Å²) >= 11 is 1.62. The number of aryl methyl sites for hydroxylation is 1. The first-order valence-corrected chi connectivity index (χ1v) is 11.8. The Morgan fingerprint density at radius 3 is 2.38 bits per heavy atom. The van der Waals surface area contributed by atoms with E-state index in [0.29, 0.717) is 5.56 Å². The van der Waals surface area contributed by atoms with Gasteiger partial charge in [-0.25, -0.2) is 4.98 Å². The molecule has 0 saturated carbocycles. The van der Waals surface area contributed by atoms with Crippen LogP contribution in [-0.2, 0) is 0 Å². The molecule has 0 aliphatic carbocycles. The fourth-order valence-electron chi connectivity index (χ4n) is 3.97. The minimum Gasteiger partial charge on any atom is -0.322 e. The number of nitrogens with one attached hydrogen (secondary N) is 1. The zero-order valence-electron chi connectivity index (χ0n) is 18.6. The van der Waals surface area contributed by atoms with E-state index in [2.05, 4.69) is 33.3 Å². The van der Waals surface area contributed by atoms with Crippen LogP contribution >= 0.6 is 11.3 Å². The highest BCUT2D eigenvalue weighted by Crippen LogP contribution is 2.36. The van der Waals surface area contributed by atoms with Crippen LogP contribution in [0.3, 0.4) is 0 Å². The molecule has 1 N–H and O–H groups in total. The second-order valence-corrected chi connectivity index (χ2v) is 8.85. The summed E-state index contributed by atoms with van der Waals surface area (Å²) in [7, 11) is 0. The van der Waals surface area contributed by atoms with Gasteiger partial charge in [0.15, 0.2) is 0 Å². The van der Waals surface area contributed by atoms with E-state index in [1.165, 1.54) is 0 Å². The van der Waals surface area contributed by atoms with Crippen molar-refractivity contribution in [3.8, 4) is 11.1 Å². The van der Waals surface area contributed by atoms with Gasteiger partial charge < -0.3 is 5.32 Å². The number of amides is 1. The van der Waals surface area contributed by atoms with E-state index in [1.54, 1.807) is 29.9 Å². The Labute approximate surface area is 202 Å². The SMILES string of the molecule is Cc1ccc(NC(=O)c2ccc(-c3ccncc3)cc2)cc1C(c1cccnc1)c1nccs1. The number of nitrogens with zero attached hydrogens (tertiary/aromatic N) is 3. The molecular weight excluding hydrogens is 440 g/mol. The molecule has 1 amide bonds. The van der Waals surface area contributed by atoms with Crippen LogP contribution in [-0.4, -0.2) is 20.9 Å². The van der Waals surface area contributed by atoms with Gasteiger partial charge >= 0.3 is 0 Å². The molecule has 5 nitrogen and oxygen atoms in total. The van der Waals surface area contributed by atoms with Crippen LogP contribution in [0.1, 0.15) is 38.0 Å². The topological polar surface area (TPSA) is 67.8 Å². The Kier molecular flexibility index (Phi) is 6.23. The van der Waals surface area contributed by atoms with Crippen LogP contribution in [0.15, 0.2) is 103 Å². The van der Waals surface area contributed by atoms with Crippen molar-refractivity contribution in [2.45, 2.75) is 12.8 Å². The van der Waals surface area contributed by atoms with Crippen LogP contribution in [0, 0.1) is 6.92 Å². The second-order valence-electron chi connectivity index (χ2n) is 7.93. The van der Waals surface area contributed by atoms with Crippen LogP contribution in [0.4, 0.5) is 5.69 Å². The minimum absolute atomic E-state index is 0.0507. The number of anilines is 1. The Morgan fingerprint density at radius 1 is 0.882 bits per heavy atom. The minimum atomic E-state index is -0.150. The van der Waals surface area contributed by atoms with Gasteiger partial charge in [0.1, 0.15) is 5.01 Å². The number of pyridine rings is 2. The third-order valence-corrected chi connectivity index (χ3v) is 6.57. The third kappa shape index (κ3) is 4.63. The van der Waals surface area contributed by atoms with Gasteiger partial charge in [-0.1, -0.05) is 24.3 Å². The normalized spacial score (nSPS) is 11.7. The molecule has 5 rings (SSSR count). The highest BCUT2D eigenvalue weighted by Gasteiger charge is 2.22. The molecule has 3 aromatic heterocycles. The van der Waals surface area contributed by atoms with Crippen molar-refractivity contribution >= 4 is 22.9 Å². The van der Waals surface area contributed by atoms with E-state index in [0.717, 1.165) is 38.5 Å². The van der Waals surface area contributed by atoms with Crippen molar-refractivity contribution in [3.05, 3.63) is 130 Å². The van der Waals surface area contributed by atoms with Crippen LogP contribution in [0.25, 0.3) is 11.1 Å². The molecule has 166 valence electrons. The molecule has 0 aliphatic heterocycles. The summed E-state index contributed by atoms with van der Waals surface area (Å²) in [5.74, 6) is -0.201. The van der Waals surface area contributed by atoms with Crippen molar-refractivity contribution in [1.29, 1.82) is 0 Å². The smallest absolute Gasteiger partial charge is 0.255 e. The summed E-state index contributed by atoms with van der Waals surface area (Å²) in [6.45, 7) is 2.08.